The molecule has 0 unspecified atom stereocenters. The fourth-order valence-corrected chi connectivity index (χ4v) is 4.43. The maximum absolute atomic E-state index is 13.2. The molecule has 4 aromatic rings. The third-order valence-corrected chi connectivity index (χ3v) is 6.42. The minimum absolute atomic E-state index is 0.284. The van der Waals surface area contributed by atoms with Crippen LogP contribution in [0.2, 0.25) is 0 Å². The highest BCUT2D eigenvalue weighted by molar-refractivity contribution is 7.15. The molecule has 0 radical (unpaired) electrons. The Hall–Kier alpha value is -3.99. The number of ether oxygens (including phenoxy) is 3. The molecule has 1 amide bonds. The van der Waals surface area contributed by atoms with Crippen molar-refractivity contribution >= 4 is 40.0 Å². The van der Waals surface area contributed by atoms with Crippen molar-refractivity contribution in [3.05, 3.63) is 71.0 Å². The lowest BCUT2D eigenvalue weighted by atomic mass is 10.1. The first-order valence-electron chi connectivity index (χ1n) is 11.4. The molecule has 1 aliphatic rings. The SMILES string of the molecule is COc1cccc(/C=C/c2nc3sccn3c2C(=O)Nc2ccc(OC(F)(F)F)cc2)c1OCC1CC1. The van der Waals surface area contributed by atoms with Gasteiger partial charge in [-0.3, -0.25) is 9.20 Å². The topological polar surface area (TPSA) is 74.1 Å². The van der Waals surface area contributed by atoms with Crippen molar-refractivity contribution in [1.29, 1.82) is 0 Å². The van der Waals surface area contributed by atoms with E-state index in [-0.39, 0.29) is 11.4 Å². The lowest BCUT2D eigenvalue weighted by molar-refractivity contribution is -0.274. The number of hydrogen-bond acceptors (Lipinski definition) is 6. The van der Waals surface area contributed by atoms with Gasteiger partial charge < -0.3 is 19.5 Å². The zero-order valence-electron chi connectivity index (χ0n) is 19.6. The third kappa shape index (κ3) is 5.88. The van der Waals surface area contributed by atoms with Gasteiger partial charge in [-0.25, -0.2) is 4.98 Å². The van der Waals surface area contributed by atoms with E-state index >= 15 is 0 Å². The predicted octanol–water partition coefficient (Wildman–Crippen LogP) is 6.51. The summed E-state index contributed by atoms with van der Waals surface area (Å²) in [5.41, 5.74) is 1.80. The van der Waals surface area contributed by atoms with Crippen LogP contribution in [0.25, 0.3) is 17.1 Å². The van der Waals surface area contributed by atoms with E-state index in [4.69, 9.17) is 9.47 Å². The number of rotatable bonds is 9. The van der Waals surface area contributed by atoms with E-state index in [0.29, 0.717) is 40.4 Å². The summed E-state index contributed by atoms with van der Waals surface area (Å²) in [6.45, 7) is 0.613. The van der Waals surface area contributed by atoms with Gasteiger partial charge >= 0.3 is 6.36 Å². The Bertz CT molecular complexity index is 1440. The number of amides is 1. The average Bonchev–Trinajstić information content (AvgIpc) is 3.47. The van der Waals surface area contributed by atoms with Crippen LogP contribution in [0.4, 0.5) is 18.9 Å². The molecule has 0 bridgehead atoms. The second kappa shape index (κ2) is 10.2. The number of hydrogen-bond donors (Lipinski definition) is 1. The maximum Gasteiger partial charge on any atom is 0.573 e. The van der Waals surface area contributed by atoms with Crippen LogP contribution in [-0.2, 0) is 0 Å². The number of carbonyl (C=O) groups excluding carboxylic acids is 1. The van der Waals surface area contributed by atoms with Crippen LogP contribution in [0.3, 0.4) is 0 Å². The molecular formula is C26H22F3N3O4S. The van der Waals surface area contributed by atoms with Crippen molar-refractivity contribution < 1.29 is 32.2 Å². The number of aromatic nitrogens is 2. The van der Waals surface area contributed by atoms with Crippen LogP contribution < -0.4 is 19.5 Å². The molecule has 192 valence electrons. The van der Waals surface area contributed by atoms with Gasteiger partial charge in [0.05, 0.1) is 19.4 Å². The Balaban J connectivity index is 1.40. The highest BCUT2D eigenvalue weighted by Crippen LogP contribution is 2.36. The number of imidazole rings is 1. The van der Waals surface area contributed by atoms with E-state index in [1.54, 1.807) is 23.8 Å². The summed E-state index contributed by atoms with van der Waals surface area (Å²) in [5, 5.41) is 4.52. The van der Waals surface area contributed by atoms with Crippen LogP contribution in [-0.4, -0.2) is 35.4 Å². The number of benzene rings is 2. The van der Waals surface area contributed by atoms with Gasteiger partial charge in [-0.05, 0) is 61.2 Å². The van der Waals surface area contributed by atoms with Crippen molar-refractivity contribution in [2.24, 2.45) is 5.92 Å². The summed E-state index contributed by atoms with van der Waals surface area (Å²) in [5.74, 6) is 0.958. The molecule has 2 aromatic carbocycles. The molecule has 37 heavy (non-hydrogen) atoms. The van der Waals surface area contributed by atoms with Gasteiger partial charge in [-0.1, -0.05) is 12.1 Å². The normalized spacial score (nSPS) is 13.7. The molecule has 0 aliphatic heterocycles. The van der Waals surface area contributed by atoms with Crippen molar-refractivity contribution in [3.8, 4) is 17.2 Å². The Morgan fingerprint density at radius 3 is 2.68 bits per heavy atom. The Kier molecular flexibility index (Phi) is 6.79. The number of alkyl halides is 3. The molecule has 1 N–H and O–H groups in total. The average molecular weight is 530 g/mol. The molecule has 1 aliphatic carbocycles. The van der Waals surface area contributed by atoms with Crippen molar-refractivity contribution in [2.45, 2.75) is 19.2 Å². The molecule has 2 aromatic heterocycles. The van der Waals surface area contributed by atoms with E-state index in [1.807, 2.05) is 29.7 Å². The number of nitrogens with zero attached hydrogens (tertiary/aromatic N) is 2. The number of thiazole rings is 1. The Labute approximate surface area is 214 Å². The van der Waals surface area contributed by atoms with Gasteiger partial charge in [0.25, 0.3) is 5.91 Å². The fraction of sp³-hybridized carbons (Fsp3) is 0.231. The van der Waals surface area contributed by atoms with Gasteiger partial charge in [-0.2, -0.15) is 0 Å². The maximum atomic E-state index is 13.2. The zero-order chi connectivity index (χ0) is 26.0. The zero-order valence-corrected chi connectivity index (χ0v) is 20.4. The summed E-state index contributed by atoms with van der Waals surface area (Å²) in [6, 6.07) is 10.5. The fourth-order valence-electron chi connectivity index (χ4n) is 3.71. The van der Waals surface area contributed by atoms with E-state index in [9.17, 15) is 18.0 Å². The summed E-state index contributed by atoms with van der Waals surface area (Å²) >= 11 is 1.37. The molecule has 7 nitrogen and oxygen atoms in total. The van der Waals surface area contributed by atoms with Crippen molar-refractivity contribution in [3.63, 3.8) is 0 Å². The standard InChI is InChI=1S/C26H22F3N3O4S/c1-34-21-4-2-3-17(23(21)35-15-16-5-6-16)7-12-20-22(32-13-14-37-25(32)31-20)24(33)30-18-8-10-19(11-9-18)36-26(27,28)29/h2-4,7-14,16H,5-6,15H2,1H3,(H,30,33)/b12-7+. The molecule has 2 heterocycles. The third-order valence-electron chi connectivity index (χ3n) is 5.66. The van der Waals surface area contributed by atoms with Gasteiger partial charge in [-0.15, -0.1) is 24.5 Å². The lowest BCUT2D eigenvalue weighted by Gasteiger charge is -2.13. The first-order chi connectivity index (χ1) is 17.8. The number of nitrogens with one attached hydrogen (secondary N) is 1. The first-order valence-corrected chi connectivity index (χ1v) is 12.3. The highest BCUT2D eigenvalue weighted by Gasteiger charge is 2.31. The molecular weight excluding hydrogens is 507 g/mol. The van der Waals surface area contributed by atoms with Gasteiger partial charge in [0.1, 0.15) is 11.4 Å². The first kappa shape index (κ1) is 24.7. The predicted molar refractivity (Wildman–Crippen MR) is 134 cm³/mol. The Morgan fingerprint density at radius 1 is 1.19 bits per heavy atom. The largest absolute Gasteiger partial charge is 0.573 e. The van der Waals surface area contributed by atoms with E-state index in [1.165, 1.54) is 23.5 Å². The summed E-state index contributed by atoms with van der Waals surface area (Å²) in [7, 11) is 1.58. The van der Waals surface area contributed by atoms with Gasteiger partial charge in [0, 0.05) is 22.8 Å². The number of carbonyl (C=O) groups is 1. The monoisotopic (exact) mass is 529 g/mol. The van der Waals surface area contributed by atoms with E-state index in [0.717, 1.165) is 30.5 Å². The summed E-state index contributed by atoms with van der Waals surface area (Å²) in [6.07, 6.45) is 2.80. The molecule has 0 atom stereocenters. The second-order valence-electron chi connectivity index (χ2n) is 8.39. The smallest absolute Gasteiger partial charge is 0.493 e. The number of para-hydroxylation sites is 1. The molecule has 1 fully saturated rings. The Morgan fingerprint density at radius 2 is 1.97 bits per heavy atom. The van der Waals surface area contributed by atoms with Crippen molar-refractivity contribution in [2.75, 3.05) is 19.0 Å². The number of anilines is 1. The minimum Gasteiger partial charge on any atom is -0.493 e. The molecule has 1 saturated carbocycles. The molecule has 5 rings (SSSR count). The van der Waals surface area contributed by atoms with E-state index in [2.05, 4.69) is 15.0 Å². The molecule has 0 saturated heterocycles. The number of methoxy groups -OCH3 is 1. The summed E-state index contributed by atoms with van der Waals surface area (Å²) < 4.78 is 54.3. The number of halogens is 3. The minimum atomic E-state index is -4.79. The van der Waals surface area contributed by atoms with Crippen LogP contribution in [0, 0.1) is 5.92 Å². The van der Waals surface area contributed by atoms with Crippen LogP contribution in [0.5, 0.6) is 17.2 Å². The lowest BCUT2D eigenvalue weighted by Crippen LogP contribution is -2.17. The van der Waals surface area contributed by atoms with Gasteiger partial charge in [0.2, 0.25) is 0 Å². The van der Waals surface area contributed by atoms with Crippen LogP contribution in [0.15, 0.2) is 54.0 Å². The van der Waals surface area contributed by atoms with Crippen LogP contribution >= 0.6 is 11.3 Å². The van der Waals surface area contributed by atoms with E-state index < -0.39 is 12.3 Å². The number of fused-ring (bicyclic) bond motifs is 1. The highest BCUT2D eigenvalue weighted by atomic mass is 32.1. The van der Waals surface area contributed by atoms with Crippen molar-refractivity contribution in [1.82, 2.24) is 9.38 Å². The quantitative estimate of drug-likeness (QED) is 0.267. The molecule has 11 heteroatoms. The van der Waals surface area contributed by atoms with Gasteiger partial charge in [0.15, 0.2) is 16.5 Å². The summed E-state index contributed by atoms with van der Waals surface area (Å²) in [4.78, 5) is 18.4. The van der Waals surface area contributed by atoms with Crippen LogP contribution in [0.1, 0.15) is 34.6 Å². The second-order valence-corrected chi connectivity index (χ2v) is 9.27. The molecule has 0 spiro atoms.